The van der Waals surface area contributed by atoms with E-state index in [0.717, 1.165) is 30.8 Å². The van der Waals surface area contributed by atoms with Crippen LogP contribution in [0.25, 0.3) is 0 Å². The molecular weight excluding hydrogens is 256 g/mol. The maximum Gasteiger partial charge on any atom is 0.0527 e. The fourth-order valence-corrected chi connectivity index (χ4v) is 4.47. The Morgan fingerprint density at radius 3 is 2.67 bits per heavy atom. The molecule has 1 aromatic carbocycles. The zero-order chi connectivity index (χ0) is 15.0. The molecule has 0 aromatic heterocycles. The van der Waals surface area contributed by atoms with E-state index in [0.29, 0.717) is 0 Å². The number of rotatable bonds is 2. The number of hydrogen-bond acceptors (Lipinski definition) is 2. The third-order valence-electron chi connectivity index (χ3n) is 6.04. The maximum atomic E-state index is 6.34. The van der Waals surface area contributed by atoms with Crippen LogP contribution >= 0.6 is 0 Å². The summed E-state index contributed by atoms with van der Waals surface area (Å²) in [6.07, 6.45) is 5.01. The first-order valence-electron chi connectivity index (χ1n) is 8.61. The van der Waals surface area contributed by atoms with Gasteiger partial charge in [-0.25, -0.2) is 0 Å². The molecule has 21 heavy (non-hydrogen) atoms. The van der Waals surface area contributed by atoms with Gasteiger partial charge in [0.15, 0.2) is 0 Å². The monoisotopic (exact) mass is 286 g/mol. The van der Waals surface area contributed by atoms with Crippen LogP contribution in [0.2, 0.25) is 0 Å². The zero-order valence-electron chi connectivity index (χ0n) is 13.8. The van der Waals surface area contributed by atoms with Crippen molar-refractivity contribution in [2.24, 2.45) is 23.5 Å². The van der Waals surface area contributed by atoms with Crippen LogP contribution in [-0.2, 0) is 6.42 Å². The van der Waals surface area contributed by atoms with Crippen molar-refractivity contribution in [1.82, 2.24) is 0 Å². The highest BCUT2D eigenvalue weighted by Crippen LogP contribution is 2.44. The summed E-state index contributed by atoms with van der Waals surface area (Å²) in [5.41, 5.74) is 9.47. The molecule has 1 aromatic rings. The van der Waals surface area contributed by atoms with Gasteiger partial charge in [0, 0.05) is 18.8 Å². The molecule has 4 unspecified atom stereocenters. The number of benzene rings is 1. The van der Waals surface area contributed by atoms with Crippen molar-refractivity contribution in [2.75, 3.05) is 18.0 Å². The van der Waals surface area contributed by atoms with Gasteiger partial charge in [0.2, 0.25) is 0 Å². The molecule has 0 bridgehead atoms. The van der Waals surface area contributed by atoms with E-state index in [9.17, 15) is 0 Å². The van der Waals surface area contributed by atoms with E-state index in [-0.39, 0.29) is 5.54 Å². The number of hydrogen-bond donors (Lipinski definition) is 1. The lowest BCUT2D eigenvalue weighted by molar-refractivity contribution is 0.166. The standard InChI is InChI=1S/C19H30N2/c1-14-10-17-6-4-5-7-18(17)21(12-14)19(13-20)9-8-15(2)16(3)11-19/h4-7,14-16H,8-13,20H2,1-3H3. The van der Waals surface area contributed by atoms with Gasteiger partial charge in [-0.1, -0.05) is 39.0 Å². The Bertz CT molecular complexity index is 498. The summed E-state index contributed by atoms with van der Waals surface area (Å²) in [5.74, 6) is 2.33. The minimum atomic E-state index is 0.177. The Hall–Kier alpha value is -1.02. The number of nitrogens with zero attached hydrogens (tertiary/aromatic N) is 1. The molecule has 1 heterocycles. The number of anilines is 1. The summed E-state index contributed by atoms with van der Waals surface area (Å²) in [6, 6.07) is 8.97. The Kier molecular flexibility index (Phi) is 4.00. The molecule has 2 heteroatoms. The van der Waals surface area contributed by atoms with E-state index in [1.807, 2.05) is 0 Å². The van der Waals surface area contributed by atoms with Crippen LogP contribution < -0.4 is 10.6 Å². The predicted octanol–water partition coefficient (Wildman–Crippen LogP) is 3.84. The zero-order valence-corrected chi connectivity index (χ0v) is 13.8. The molecule has 0 radical (unpaired) electrons. The lowest BCUT2D eigenvalue weighted by Gasteiger charge is -2.53. The van der Waals surface area contributed by atoms with Crippen LogP contribution in [0, 0.1) is 17.8 Å². The minimum Gasteiger partial charge on any atom is -0.364 e. The maximum absolute atomic E-state index is 6.34. The summed E-state index contributed by atoms with van der Waals surface area (Å²) in [7, 11) is 0. The van der Waals surface area contributed by atoms with Crippen LogP contribution in [0.5, 0.6) is 0 Å². The Morgan fingerprint density at radius 1 is 1.19 bits per heavy atom. The van der Waals surface area contributed by atoms with Gasteiger partial charge in [-0.15, -0.1) is 0 Å². The molecule has 0 saturated heterocycles. The van der Waals surface area contributed by atoms with Gasteiger partial charge in [-0.05, 0) is 55.1 Å². The largest absolute Gasteiger partial charge is 0.364 e. The van der Waals surface area contributed by atoms with Gasteiger partial charge >= 0.3 is 0 Å². The van der Waals surface area contributed by atoms with Crippen molar-refractivity contribution >= 4 is 5.69 Å². The average molecular weight is 286 g/mol. The molecule has 2 N–H and O–H groups in total. The van der Waals surface area contributed by atoms with Crippen molar-refractivity contribution in [1.29, 1.82) is 0 Å². The SMILES string of the molecule is CC1Cc2ccccc2N(C2(CN)CCC(C)C(C)C2)C1. The highest BCUT2D eigenvalue weighted by Gasteiger charge is 2.43. The van der Waals surface area contributed by atoms with Gasteiger partial charge in [0.1, 0.15) is 0 Å². The first kappa shape index (κ1) is 14.9. The number of fused-ring (bicyclic) bond motifs is 1. The van der Waals surface area contributed by atoms with E-state index in [2.05, 4.69) is 49.9 Å². The van der Waals surface area contributed by atoms with Crippen molar-refractivity contribution in [3.05, 3.63) is 29.8 Å². The topological polar surface area (TPSA) is 29.3 Å². The first-order chi connectivity index (χ1) is 10.1. The van der Waals surface area contributed by atoms with E-state index in [1.54, 1.807) is 0 Å². The smallest absolute Gasteiger partial charge is 0.0527 e. The van der Waals surface area contributed by atoms with E-state index >= 15 is 0 Å². The van der Waals surface area contributed by atoms with Crippen LogP contribution in [0.4, 0.5) is 5.69 Å². The van der Waals surface area contributed by atoms with Gasteiger partial charge in [-0.3, -0.25) is 0 Å². The summed E-state index contributed by atoms with van der Waals surface area (Å²) in [5, 5.41) is 0. The summed E-state index contributed by atoms with van der Waals surface area (Å²) >= 11 is 0. The third kappa shape index (κ3) is 2.59. The molecule has 2 aliphatic rings. The van der Waals surface area contributed by atoms with E-state index < -0.39 is 0 Å². The molecule has 0 amide bonds. The highest BCUT2D eigenvalue weighted by atomic mass is 15.2. The molecule has 0 spiro atoms. The van der Waals surface area contributed by atoms with Crippen LogP contribution in [0.3, 0.4) is 0 Å². The van der Waals surface area contributed by atoms with Crippen molar-refractivity contribution in [3.8, 4) is 0 Å². The molecule has 1 fully saturated rings. The summed E-state index contributed by atoms with van der Waals surface area (Å²) in [4.78, 5) is 2.68. The number of para-hydroxylation sites is 1. The van der Waals surface area contributed by atoms with Gasteiger partial charge in [-0.2, -0.15) is 0 Å². The molecule has 1 saturated carbocycles. The minimum absolute atomic E-state index is 0.177. The normalized spacial score (nSPS) is 36.4. The molecule has 4 atom stereocenters. The first-order valence-corrected chi connectivity index (χ1v) is 8.61. The lowest BCUT2D eigenvalue weighted by Crippen LogP contribution is -2.59. The fourth-order valence-electron chi connectivity index (χ4n) is 4.47. The van der Waals surface area contributed by atoms with E-state index in [1.165, 1.54) is 36.9 Å². The van der Waals surface area contributed by atoms with Gasteiger partial charge in [0.25, 0.3) is 0 Å². The Balaban J connectivity index is 1.97. The van der Waals surface area contributed by atoms with Crippen LogP contribution in [0.1, 0.15) is 45.6 Å². The highest BCUT2D eigenvalue weighted by molar-refractivity contribution is 5.58. The fraction of sp³-hybridized carbons (Fsp3) is 0.684. The third-order valence-corrected chi connectivity index (χ3v) is 6.04. The Morgan fingerprint density at radius 2 is 1.95 bits per heavy atom. The van der Waals surface area contributed by atoms with Crippen molar-refractivity contribution in [3.63, 3.8) is 0 Å². The molecule has 116 valence electrons. The second-order valence-corrected chi connectivity index (χ2v) is 7.67. The predicted molar refractivity (Wildman–Crippen MR) is 90.6 cm³/mol. The van der Waals surface area contributed by atoms with Crippen molar-refractivity contribution < 1.29 is 0 Å². The lowest BCUT2D eigenvalue weighted by atomic mass is 9.69. The van der Waals surface area contributed by atoms with Crippen LogP contribution in [-0.4, -0.2) is 18.6 Å². The average Bonchev–Trinajstić information content (AvgIpc) is 2.49. The molecular formula is C19H30N2. The summed E-state index contributed by atoms with van der Waals surface area (Å²) in [6.45, 7) is 9.13. The molecule has 1 aliphatic heterocycles. The van der Waals surface area contributed by atoms with Gasteiger partial charge in [0.05, 0.1) is 5.54 Å². The van der Waals surface area contributed by atoms with E-state index in [4.69, 9.17) is 5.73 Å². The second kappa shape index (κ2) is 5.64. The second-order valence-electron chi connectivity index (χ2n) is 7.67. The number of nitrogens with two attached hydrogens (primary N) is 1. The quantitative estimate of drug-likeness (QED) is 0.895. The molecule has 2 nitrogen and oxygen atoms in total. The molecule has 1 aliphatic carbocycles. The van der Waals surface area contributed by atoms with Crippen LogP contribution in [0.15, 0.2) is 24.3 Å². The van der Waals surface area contributed by atoms with Gasteiger partial charge < -0.3 is 10.6 Å². The molecule has 3 rings (SSSR count). The van der Waals surface area contributed by atoms with Crippen molar-refractivity contribution in [2.45, 2.75) is 52.0 Å². The Labute approximate surface area is 129 Å². The summed E-state index contributed by atoms with van der Waals surface area (Å²) < 4.78 is 0.